The third kappa shape index (κ3) is 4.14. The Morgan fingerprint density at radius 2 is 2.00 bits per heavy atom. The van der Waals surface area contributed by atoms with E-state index in [0.717, 1.165) is 12.8 Å². The number of unbranched alkanes of at least 4 members (excludes halogenated alkanes) is 1. The summed E-state index contributed by atoms with van der Waals surface area (Å²) in [7, 11) is 0. The summed E-state index contributed by atoms with van der Waals surface area (Å²) in [6.45, 7) is 1.26. The number of benzene rings is 1. The Kier molecular flexibility index (Phi) is 5.81. The van der Waals surface area contributed by atoms with Gasteiger partial charge in [0.1, 0.15) is 0 Å². The van der Waals surface area contributed by atoms with Crippen molar-refractivity contribution in [2.75, 3.05) is 18.4 Å². The van der Waals surface area contributed by atoms with Crippen molar-refractivity contribution in [3.05, 3.63) is 41.0 Å². The summed E-state index contributed by atoms with van der Waals surface area (Å²) in [6, 6.07) is 5.19. The predicted molar refractivity (Wildman–Crippen MR) is 100 cm³/mol. The van der Waals surface area contributed by atoms with Crippen molar-refractivity contribution in [1.29, 1.82) is 0 Å². The van der Waals surface area contributed by atoms with Gasteiger partial charge in [0.25, 0.3) is 0 Å². The summed E-state index contributed by atoms with van der Waals surface area (Å²) >= 11 is 0. The van der Waals surface area contributed by atoms with Crippen LogP contribution in [0.25, 0.3) is 0 Å². The average molecular weight is 369 g/mol. The molecule has 0 bridgehead atoms. The Hall–Kier alpha value is -2.80. The van der Waals surface area contributed by atoms with Crippen LogP contribution >= 0.6 is 0 Å². The standard InChI is InChI=1S/C20H23N3O4/c21-8-1-2-9-22-15-5-3-4-14-16(24)11-13(19(26)18(14)15)10-12-6-7-17(25)23-20(12)27/h3-5,10,12,22H,1-2,6-9,11,21H2,(H,23,25,27)/b13-10-. The molecule has 0 saturated carbocycles. The summed E-state index contributed by atoms with van der Waals surface area (Å²) in [4.78, 5) is 48.9. The molecule has 27 heavy (non-hydrogen) atoms. The zero-order chi connectivity index (χ0) is 19.4. The lowest BCUT2D eigenvalue weighted by atomic mass is 9.82. The zero-order valence-electron chi connectivity index (χ0n) is 15.0. The smallest absolute Gasteiger partial charge is 0.233 e. The minimum atomic E-state index is -0.569. The van der Waals surface area contributed by atoms with E-state index in [2.05, 4.69) is 10.6 Å². The van der Waals surface area contributed by atoms with Crippen LogP contribution in [0.2, 0.25) is 0 Å². The van der Waals surface area contributed by atoms with E-state index in [-0.39, 0.29) is 30.3 Å². The molecule has 1 aromatic carbocycles. The van der Waals surface area contributed by atoms with E-state index >= 15 is 0 Å². The highest BCUT2D eigenvalue weighted by molar-refractivity contribution is 6.24. The third-order valence-electron chi connectivity index (χ3n) is 4.87. The van der Waals surface area contributed by atoms with Gasteiger partial charge >= 0.3 is 0 Å². The van der Waals surface area contributed by atoms with E-state index in [0.29, 0.717) is 41.9 Å². The molecule has 7 nitrogen and oxygen atoms in total. The number of carbonyl (C=O) groups is 4. The molecule has 0 spiro atoms. The number of hydrogen-bond donors (Lipinski definition) is 3. The summed E-state index contributed by atoms with van der Waals surface area (Å²) < 4.78 is 0. The van der Waals surface area contributed by atoms with Crippen LogP contribution in [-0.4, -0.2) is 36.5 Å². The number of amides is 2. The van der Waals surface area contributed by atoms with Crippen molar-refractivity contribution in [1.82, 2.24) is 5.32 Å². The van der Waals surface area contributed by atoms with Gasteiger partial charge < -0.3 is 11.1 Å². The minimum absolute atomic E-state index is 0.0276. The lowest BCUT2D eigenvalue weighted by molar-refractivity contribution is -0.135. The van der Waals surface area contributed by atoms with Crippen LogP contribution in [0, 0.1) is 5.92 Å². The Bertz CT molecular complexity index is 829. The number of hydrogen-bond acceptors (Lipinski definition) is 6. The van der Waals surface area contributed by atoms with Crippen molar-refractivity contribution in [3.8, 4) is 0 Å². The van der Waals surface area contributed by atoms with Gasteiger partial charge in [-0.3, -0.25) is 24.5 Å². The normalized spacial score (nSPS) is 21.2. The Morgan fingerprint density at radius 3 is 2.74 bits per heavy atom. The molecule has 0 radical (unpaired) electrons. The van der Waals surface area contributed by atoms with E-state index < -0.39 is 11.8 Å². The largest absolute Gasteiger partial charge is 0.384 e. The molecule has 1 atom stereocenters. The zero-order valence-corrected chi connectivity index (χ0v) is 15.0. The first kappa shape index (κ1) is 19.0. The SMILES string of the molecule is NCCCCNc1cccc2c1C(=O)/C(=C\C1CCC(=O)NC1=O)CC2=O. The molecule has 142 valence electrons. The lowest BCUT2D eigenvalue weighted by Gasteiger charge is -2.23. The summed E-state index contributed by atoms with van der Waals surface area (Å²) in [5, 5.41) is 5.49. The number of anilines is 1. The fraction of sp³-hybridized carbons (Fsp3) is 0.400. The van der Waals surface area contributed by atoms with Crippen LogP contribution in [0.3, 0.4) is 0 Å². The number of rotatable bonds is 6. The molecular weight excluding hydrogens is 346 g/mol. The molecular formula is C20H23N3O4. The van der Waals surface area contributed by atoms with Crippen LogP contribution in [0.15, 0.2) is 29.8 Å². The first-order chi connectivity index (χ1) is 13.0. The Labute approximate surface area is 157 Å². The summed E-state index contributed by atoms with van der Waals surface area (Å²) in [5.41, 5.74) is 7.21. The maximum Gasteiger partial charge on any atom is 0.233 e. The number of Topliss-reactive ketones (excluding diaryl/α,β-unsaturated/α-hetero) is 2. The van der Waals surface area contributed by atoms with E-state index in [1.54, 1.807) is 24.3 Å². The van der Waals surface area contributed by atoms with Crippen LogP contribution < -0.4 is 16.4 Å². The molecule has 1 fully saturated rings. The number of nitrogens with one attached hydrogen (secondary N) is 2. The monoisotopic (exact) mass is 369 g/mol. The number of fused-ring (bicyclic) bond motifs is 1. The van der Waals surface area contributed by atoms with Gasteiger partial charge in [-0.05, 0) is 31.9 Å². The van der Waals surface area contributed by atoms with Crippen LogP contribution in [0.5, 0.6) is 0 Å². The van der Waals surface area contributed by atoms with Crippen molar-refractivity contribution in [2.24, 2.45) is 11.7 Å². The highest BCUT2D eigenvalue weighted by atomic mass is 16.2. The van der Waals surface area contributed by atoms with Gasteiger partial charge in [-0.1, -0.05) is 18.2 Å². The number of ketones is 2. The predicted octanol–water partition coefficient (Wildman–Crippen LogP) is 1.59. The van der Waals surface area contributed by atoms with Crippen molar-refractivity contribution < 1.29 is 19.2 Å². The molecule has 3 rings (SSSR count). The van der Waals surface area contributed by atoms with E-state index in [1.807, 2.05) is 0 Å². The Balaban J connectivity index is 1.86. The molecule has 2 amide bonds. The van der Waals surface area contributed by atoms with E-state index in [4.69, 9.17) is 5.73 Å². The maximum atomic E-state index is 13.0. The topological polar surface area (TPSA) is 118 Å². The second kappa shape index (κ2) is 8.26. The highest BCUT2D eigenvalue weighted by Gasteiger charge is 2.32. The molecule has 1 heterocycles. The second-order valence-corrected chi connectivity index (χ2v) is 6.83. The maximum absolute atomic E-state index is 13.0. The highest BCUT2D eigenvalue weighted by Crippen LogP contribution is 2.32. The molecule has 2 aliphatic rings. The summed E-state index contributed by atoms with van der Waals surface area (Å²) in [6.07, 6.45) is 3.83. The molecule has 1 saturated heterocycles. The first-order valence-electron chi connectivity index (χ1n) is 9.20. The molecule has 1 aliphatic heterocycles. The van der Waals surface area contributed by atoms with Crippen LogP contribution in [-0.2, 0) is 9.59 Å². The van der Waals surface area contributed by atoms with E-state index in [1.165, 1.54) is 0 Å². The molecule has 1 aliphatic carbocycles. The fourth-order valence-corrected chi connectivity index (χ4v) is 3.42. The molecule has 1 aromatic rings. The van der Waals surface area contributed by atoms with Crippen molar-refractivity contribution in [2.45, 2.75) is 32.1 Å². The van der Waals surface area contributed by atoms with Gasteiger partial charge in [-0.25, -0.2) is 0 Å². The molecule has 1 unspecified atom stereocenters. The second-order valence-electron chi connectivity index (χ2n) is 6.83. The van der Waals surface area contributed by atoms with Gasteiger partial charge in [0, 0.05) is 36.2 Å². The number of piperidine rings is 1. The van der Waals surface area contributed by atoms with Gasteiger partial charge in [-0.15, -0.1) is 0 Å². The van der Waals surface area contributed by atoms with Gasteiger partial charge in [0.15, 0.2) is 11.6 Å². The molecule has 0 aromatic heterocycles. The van der Waals surface area contributed by atoms with Gasteiger partial charge in [-0.2, -0.15) is 0 Å². The minimum Gasteiger partial charge on any atom is -0.384 e. The number of nitrogens with two attached hydrogens (primary N) is 1. The first-order valence-corrected chi connectivity index (χ1v) is 9.20. The van der Waals surface area contributed by atoms with Gasteiger partial charge in [0.2, 0.25) is 11.8 Å². The van der Waals surface area contributed by atoms with Crippen LogP contribution in [0.4, 0.5) is 5.69 Å². The van der Waals surface area contributed by atoms with Crippen LogP contribution in [0.1, 0.15) is 52.8 Å². The quantitative estimate of drug-likeness (QED) is 0.398. The average Bonchev–Trinajstić information content (AvgIpc) is 2.65. The molecule has 4 N–H and O–H groups in total. The third-order valence-corrected chi connectivity index (χ3v) is 4.87. The Morgan fingerprint density at radius 1 is 1.19 bits per heavy atom. The number of imide groups is 1. The lowest BCUT2D eigenvalue weighted by Crippen LogP contribution is -2.40. The fourth-order valence-electron chi connectivity index (χ4n) is 3.42. The number of carbonyl (C=O) groups excluding carboxylic acids is 4. The van der Waals surface area contributed by atoms with Crippen molar-refractivity contribution >= 4 is 29.1 Å². The number of allylic oxidation sites excluding steroid dienone is 1. The van der Waals surface area contributed by atoms with Crippen molar-refractivity contribution in [3.63, 3.8) is 0 Å². The van der Waals surface area contributed by atoms with E-state index in [9.17, 15) is 19.2 Å². The van der Waals surface area contributed by atoms with Gasteiger partial charge in [0.05, 0.1) is 11.5 Å². The summed E-state index contributed by atoms with van der Waals surface area (Å²) in [5.74, 6) is -1.68. The molecule has 7 heteroatoms.